The Kier molecular flexibility index (Phi) is 3.35. The van der Waals surface area contributed by atoms with Gasteiger partial charge < -0.3 is 5.32 Å². The minimum absolute atomic E-state index is 0.0122. The van der Waals surface area contributed by atoms with Gasteiger partial charge in [0.1, 0.15) is 5.82 Å². The third-order valence-electron chi connectivity index (χ3n) is 3.19. The van der Waals surface area contributed by atoms with Gasteiger partial charge in [0, 0.05) is 6.20 Å². The van der Waals surface area contributed by atoms with Crippen molar-refractivity contribution in [1.82, 2.24) is 19.9 Å². The maximum absolute atomic E-state index is 13.6. The topological polar surface area (TPSA) is 59.3 Å². The summed E-state index contributed by atoms with van der Waals surface area (Å²) < 4.78 is 15.4. The zero-order valence-corrected chi connectivity index (χ0v) is 11.3. The van der Waals surface area contributed by atoms with Crippen LogP contribution in [0.15, 0.2) is 48.7 Å². The lowest BCUT2D eigenvalue weighted by atomic mass is 10.2. The molecule has 0 aliphatic carbocycles. The predicted octanol–water partition coefficient (Wildman–Crippen LogP) is 2.36. The number of carbonyl (C=O) groups is 1. The summed E-state index contributed by atoms with van der Waals surface area (Å²) >= 11 is 0. The molecule has 1 aromatic carbocycles. The van der Waals surface area contributed by atoms with Gasteiger partial charge in [-0.1, -0.05) is 18.2 Å². The predicted molar refractivity (Wildman–Crippen MR) is 75.3 cm³/mol. The normalized spacial score (nSPS) is 12.3. The molecule has 1 atom stereocenters. The number of amides is 1. The summed E-state index contributed by atoms with van der Waals surface area (Å²) in [4.78, 5) is 12.1. The van der Waals surface area contributed by atoms with E-state index in [1.165, 1.54) is 12.1 Å². The van der Waals surface area contributed by atoms with E-state index in [1.54, 1.807) is 23.5 Å². The molecule has 0 fully saturated rings. The maximum Gasteiger partial charge on any atom is 0.254 e. The molecule has 3 rings (SSSR count). The van der Waals surface area contributed by atoms with Crippen LogP contribution in [0.4, 0.5) is 4.39 Å². The molecule has 5 nitrogen and oxygen atoms in total. The molecular weight excluding hydrogens is 271 g/mol. The molecule has 2 heterocycles. The van der Waals surface area contributed by atoms with Crippen molar-refractivity contribution in [2.24, 2.45) is 0 Å². The first-order chi connectivity index (χ1) is 10.2. The van der Waals surface area contributed by atoms with Gasteiger partial charge in [-0.05, 0) is 31.2 Å². The van der Waals surface area contributed by atoms with E-state index in [0.29, 0.717) is 11.5 Å². The zero-order chi connectivity index (χ0) is 14.8. The number of hydrogen-bond acceptors (Lipinski definition) is 3. The molecule has 2 aromatic heterocycles. The smallest absolute Gasteiger partial charge is 0.254 e. The van der Waals surface area contributed by atoms with Crippen molar-refractivity contribution in [3.8, 4) is 0 Å². The van der Waals surface area contributed by atoms with Crippen LogP contribution in [0.3, 0.4) is 0 Å². The van der Waals surface area contributed by atoms with Gasteiger partial charge >= 0.3 is 0 Å². The number of rotatable bonds is 3. The highest BCUT2D eigenvalue weighted by Crippen LogP contribution is 2.13. The molecule has 0 saturated carbocycles. The minimum Gasteiger partial charge on any atom is -0.342 e. The first kappa shape index (κ1) is 13.2. The Hall–Kier alpha value is -2.76. The number of halogens is 1. The first-order valence-corrected chi connectivity index (χ1v) is 6.52. The van der Waals surface area contributed by atoms with Crippen molar-refractivity contribution in [2.75, 3.05) is 0 Å². The molecule has 0 unspecified atom stereocenters. The summed E-state index contributed by atoms with van der Waals surface area (Å²) in [5.41, 5.74) is 0.706. The number of benzene rings is 1. The second-order valence-electron chi connectivity index (χ2n) is 4.66. The fourth-order valence-corrected chi connectivity index (χ4v) is 2.14. The van der Waals surface area contributed by atoms with E-state index < -0.39 is 17.8 Å². The molecule has 0 radical (unpaired) electrons. The van der Waals surface area contributed by atoms with Crippen molar-refractivity contribution in [1.29, 1.82) is 0 Å². The number of hydrogen-bond donors (Lipinski definition) is 1. The summed E-state index contributed by atoms with van der Waals surface area (Å²) in [5, 5.41) is 10.8. The van der Waals surface area contributed by atoms with Crippen LogP contribution in [0.5, 0.6) is 0 Å². The van der Waals surface area contributed by atoms with Crippen molar-refractivity contribution in [3.63, 3.8) is 0 Å². The average Bonchev–Trinajstić information content (AvgIpc) is 2.91. The largest absolute Gasteiger partial charge is 0.342 e. The molecule has 1 amide bonds. The lowest BCUT2D eigenvalue weighted by Crippen LogP contribution is -2.28. The van der Waals surface area contributed by atoms with Crippen LogP contribution in [0, 0.1) is 5.82 Å². The summed E-state index contributed by atoms with van der Waals surface area (Å²) in [6, 6.07) is 11.0. The fourth-order valence-electron chi connectivity index (χ4n) is 2.14. The van der Waals surface area contributed by atoms with E-state index in [-0.39, 0.29) is 5.56 Å². The van der Waals surface area contributed by atoms with Crippen LogP contribution < -0.4 is 5.32 Å². The Morgan fingerprint density at radius 3 is 2.76 bits per heavy atom. The van der Waals surface area contributed by atoms with Crippen LogP contribution in [0.1, 0.15) is 29.1 Å². The minimum atomic E-state index is -0.548. The number of nitrogens with zero attached hydrogens (tertiary/aromatic N) is 3. The number of nitrogens with one attached hydrogen (secondary N) is 1. The Bertz CT molecular complexity index is 799. The van der Waals surface area contributed by atoms with Crippen LogP contribution in [0.2, 0.25) is 0 Å². The summed E-state index contributed by atoms with van der Waals surface area (Å²) in [6.45, 7) is 1.78. The molecule has 21 heavy (non-hydrogen) atoms. The standard InChI is InChI=1S/C15H13FN4O/c1-10(14-19-18-13-8-4-5-9-20(13)14)17-15(21)11-6-2-3-7-12(11)16/h2-10H,1H3,(H,17,21)/t10-/m0/s1. The SMILES string of the molecule is C[C@H](NC(=O)c1ccccc1F)c1nnc2ccccn12. The molecule has 3 aromatic rings. The lowest BCUT2D eigenvalue weighted by molar-refractivity contribution is 0.0934. The van der Waals surface area contributed by atoms with Gasteiger partial charge in [-0.25, -0.2) is 4.39 Å². The highest BCUT2D eigenvalue weighted by molar-refractivity contribution is 5.94. The van der Waals surface area contributed by atoms with Gasteiger partial charge in [-0.3, -0.25) is 9.20 Å². The van der Waals surface area contributed by atoms with Gasteiger partial charge in [0.25, 0.3) is 5.91 Å². The van der Waals surface area contributed by atoms with Gasteiger partial charge in [-0.2, -0.15) is 0 Å². The van der Waals surface area contributed by atoms with Crippen LogP contribution >= 0.6 is 0 Å². The second-order valence-corrected chi connectivity index (χ2v) is 4.66. The summed E-state index contributed by atoms with van der Waals surface area (Å²) in [6.07, 6.45) is 1.82. The molecule has 106 valence electrons. The quantitative estimate of drug-likeness (QED) is 0.803. The van der Waals surface area contributed by atoms with Gasteiger partial charge in [-0.15, -0.1) is 10.2 Å². The first-order valence-electron chi connectivity index (χ1n) is 6.52. The van der Waals surface area contributed by atoms with Crippen LogP contribution in [-0.2, 0) is 0 Å². The lowest BCUT2D eigenvalue weighted by Gasteiger charge is -2.12. The molecule has 6 heteroatoms. The molecule has 0 aliphatic heterocycles. The Balaban J connectivity index is 1.85. The van der Waals surface area contributed by atoms with Crippen molar-refractivity contribution in [2.45, 2.75) is 13.0 Å². The van der Waals surface area contributed by atoms with Gasteiger partial charge in [0.05, 0.1) is 11.6 Å². The number of aromatic nitrogens is 3. The highest BCUT2D eigenvalue weighted by atomic mass is 19.1. The third kappa shape index (κ3) is 2.47. The van der Waals surface area contributed by atoms with Crippen LogP contribution in [-0.4, -0.2) is 20.5 Å². The Morgan fingerprint density at radius 2 is 1.95 bits per heavy atom. The van der Waals surface area contributed by atoms with E-state index in [0.717, 1.165) is 0 Å². The third-order valence-corrected chi connectivity index (χ3v) is 3.19. The van der Waals surface area contributed by atoms with E-state index in [2.05, 4.69) is 15.5 Å². The number of fused-ring (bicyclic) bond motifs is 1. The molecular formula is C15H13FN4O. The molecule has 0 spiro atoms. The Labute approximate surface area is 120 Å². The van der Waals surface area contributed by atoms with E-state index >= 15 is 0 Å². The summed E-state index contributed by atoms with van der Waals surface area (Å²) in [5.74, 6) is -0.433. The summed E-state index contributed by atoms with van der Waals surface area (Å²) in [7, 11) is 0. The van der Waals surface area contributed by atoms with Crippen molar-refractivity contribution in [3.05, 3.63) is 65.9 Å². The molecule has 0 bridgehead atoms. The zero-order valence-electron chi connectivity index (χ0n) is 11.3. The van der Waals surface area contributed by atoms with Gasteiger partial charge in [0.15, 0.2) is 11.5 Å². The fraction of sp³-hybridized carbons (Fsp3) is 0.133. The van der Waals surface area contributed by atoms with E-state index in [1.807, 2.05) is 24.4 Å². The second kappa shape index (κ2) is 5.32. The maximum atomic E-state index is 13.6. The van der Waals surface area contributed by atoms with Crippen LogP contribution in [0.25, 0.3) is 5.65 Å². The van der Waals surface area contributed by atoms with Gasteiger partial charge in [0.2, 0.25) is 0 Å². The average molecular weight is 284 g/mol. The van der Waals surface area contributed by atoms with Crippen molar-refractivity contribution >= 4 is 11.6 Å². The number of carbonyl (C=O) groups excluding carboxylic acids is 1. The van der Waals surface area contributed by atoms with E-state index in [4.69, 9.17) is 0 Å². The molecule has 0 aliphatic rings. The van der Waals surface area contributed by atoms with Crippen molar-refractivity contribution < 1.29 is 9.18 Å². The number of pyridine rings is 1. The molecule has 0 saturated heterocycles. The van der Waals surface area contributed by atoms with E-state index in [9.17, 15) is 9.18 Å². The molecule has 1 N–H and O–H groups in total. The Morgan fingerprint density at radius 1 is 1.19 bits per heavy atom. The highest BCUT2D eigenvalue weighted by Gasteiger charge is 2.18. The monoisotopic (exact) mass is 284 g/mol.